The van der Waals surface area contributed by atoms with Gasteiger partial charge in [0.1, 0.15) is 6.04 Å². The molecule has 1 unspecified atom stereocenters. The lowest BCUT2D eigenvalue weighted by molar-refractivity contribution is -0.143. The third kappa shape index (κ3) is 4.85. The predicted octanol–water partition coefficient (Wildman–Crippen LogP) is 1.44. The van der Waals surface area contributed by atoms with Gasteiger partial charge in [-0.25, -0.2) is 4.79 Å². The van der Waals surface area contributed by atoms with Gasteiger partial charge in [0.15, 0.2) is 0 Å². The molecule has 0 spiro atoms. The summed E-state index contributed by atoms with van der Waals surface area (Å²) in [5.41, 5.74) is 0.939. The molecule has 0 aliphatic heterocycles. The first-order chi connectivity index (χ1) is 8.65. The maximum Gasteiger partial charge on any atom is 0.327 e. The molecule has 0 saturated heterocycles. The Bertz CT molecular complexity index is 352. The average molecular weight is 250 g/mol. The van der Waals surface area contributed by atoms with Crippen LogP contribution in [0.15, 0.2) is 30.3 Å². The fourth-order valence-electron chi connectivity index (χ4n) is 1.74. The fourth-order valence-corrected chi connectivity index (χ4v) is 1.74. The molecule has 0 bridgehead atoms. The summed E-state index contributed by atoms with van der Waals surface area (Å²) in [5, 5.41) is 3.24. The molecule has 4 nitrogen and oxygen atoms in total. The van der Waals surface area contributed by atoms with E-state index in [0.29, 0.717) is 0 Å². The van der Waals surface area contributed by atoms with Crippen molar-refractivity contribution in [1.82, 2.24) is 10.2 Å². The van der Waals surface area contributed by atoms with Gasteiger partial charge in [-0.1, -0.05) is 30.3 Å². The molecule has 1 aromatic carbocycles. The molecule has 0 radical (unpaired) electrons. The van der Waals surface area contributed by atoms with Crippen molar-refractivity contribution in [2.24, 2.45) is 0 Å². The first-order valence-corrected chi connectivity index (χ1v) is 6.16. The predicted molar refractivity (Wildman–Crippen MR) is 72.4 cm³/mol. The standard InChI is InChI=1S/C14H22N2O2/c1-16(2)11-7-10-15-13(14(17)18-3)12-8-5-4-6-9-12/h4-6,8-9,13,15H,7,10-11H2,1-3H3. The van der Waals surface area contributed by atoms with Crippen LogP contribution in [-0.2, 0) is 9.53 Å². The first kappa shape index (κ1) is 14.7. The Kier molecular flexibility index (Phi) is 6.39. The van der Waals surface area contributed by atoms with E-state index in [1.807, 2.05) is 44.4 Å². The van der Waals surface area contributed by atoms with Crippen molar-refractivity contribution in [3.8, 4) is 0 Å². The van der Waals surface area contributed by atoms with Gasteiger partial charge in [0.05, 0.1) is 7.11 Å². The fraction of sp³-hybridized carbons (Fsp3) is 0.500. The molecule has 0 amide bonds. The van der Waals surface area contributed by atoms with Crippen molar-refractivity contribution in [3.63, 3.8) is 0 Å². The van der Waals surface area contributed by atoms with Gasteiger partial charge in [-0.2, -0.15) is 0 Å². The number of nitrogens with zero attached hydrogens (tertiary/aromatic N) is 1. The van der Waals surface area contributed by atoms with Crippen LogP contribution in [0, 0.1) is 0 Å². The smallest absolute Gasteiger partial charge is 0.327 e. The van der Waals surface area contributed by atoms with Gasteiger partial charge < -0.3 is 15.0 Å². The zero-order valence-corrected chi connectivity index (χ0v) is 11.3. The van der Waals surface area contributed by atoms with E-state index in [0.717, 1.165) is 25.1 Å². The van der Waals surface area contributed by atoms with Crippen molar-refractivity contribution in [3.05, 3.63) is 35.9 Å². The third-order valence-electron chi connectivity index (χ3n) is 2.70. The molecule has 1 aromatic rings. The van der Waals surface area contributed by atoms with Crippen LogP contribution >= 0.6 is 0 Å². The molecule has 1 N–H and O–H groups in total. The Hall–Kier alpha value is -1.39. The van der Waals surface area contributed by atoms with Crippen molar-refractivity contribution >= 4 is 5.97 Å². The van der Waals surface area contributed by atoms with Gasteiger partial charge >= 0.3 is 5.97 Å². The van der Waals surface area contributed by atoms with E-state index in [2.05, 4.69) is 10.2 Å². The SMILES string of the molecule is COC(=O)C(NCCCN(C)C)c1ccccc1. The lowest BCUT2D eigenvalue weighted by Crippen LogP contribution is -2.31. The average Bonchev–Trinajstić information content (AvgIpc) is 2.38. The molecule has 0 heterocycles. The molecular formula is C14H22N2O2. The summed E-state index contributed by atoms with van der Waals surface area (Å²) in [4.78, 5) is 13.9. The van der Waals surface area contributed by atoms with Crippen molar-refractivity contribution < 1.29 is 9.53 Å². The molecule has 0 saturated carbocycles. The van der Waals surface area contributed by atoms with E-state index < -0.39 is 0 Å². The Balaban J connectivity index is 2.55. The number of hydrogen-bond donors (Lipinski definition) is 1. The van der Waals surface area contributed by atoms with E-state index in [1.54, 1.807) is 0 Å². The summed E-state index contributed by atoms with van der Waals surface area (Å²) >= 11 is 0. The summed E-state index contributed by atoms with van der Waals surface area (Å²) in [5.74, 6) is -0.244. The van der Waals surface area contributed by atoms with Crippen LogP contribution in [0.5, 0.6) is 0 Å². The molecule has 4 heteroatoms. The second-order valence-electron chi connectivity index (χ2n) is 4.48. The van der Waals surface area contributed by atoms with E-state index in [-0.39, 0.29) is 12.0 Å². The number of carbonyl (C=O) groups is 1. The monoisotopic (exact) mass is 250 g/mol. The Morgan fingerprint density at radius 2 is 2.00 bits per heavy atom. The summed E-state index contributed by atoms with van der Waals surface area (Å²) in [7, 11) is 5.49. The maximum absolute atomic E-state index is 11.7. The van der Waals surface area contributed by atoms with Gasteiger partial charge in [-0.3, -0.25) is 0 Å². The topological polar surface area (TPSA) is 41.6 Å². The van der Waals surface area contributed by atoms with Gasteiger partial charge in [0.2, 0.25) is 0 Å². The highest BCUT2D eigenvalue weighted by Crippen LogP contribution is 2.13. The van der Waals surface area contributed by atoms with Crippen LogP contribution < -0.4 is 5.32 Å². The van der Waals surface area contributed by atoms with Gasteiger partial charge in [0, 0.05) is 0 Å². The molecule has 0 fully saturated rings. The summed E-state index contributed by atoms with van der Waals surface area (Å²) < 4.78 is 4.83. The minimum absolute atomic E-state index is 0.244. The molecule has 0 aliphatic carbocycles. The van der Waals surface area contributed by atoms with Crippen molar-refractivity contribution in [1.29, 1.82) is 0 Å². The quantitative estimate of drug-likeness (QED) is 0.587. The summed E-state index contributed by atoms with van der Waals surface area (Å²) in [6.45, 7) is 1.78. The molecule has 0 aliphatic rings. The van der Waals surface area contributed by atoms with Crippen LogP contribution in [-0.4, -0.2) is 45.2 Å². The highest BCUT2D eigenvalue weighted by molar-refractivity contribution is 5.77. The largest absolute Gasteiger partial charge is 0.468 e. The van der Waals surface area contributed by atoms with Crippen LogP contribution in [0.1, 0.15) is 18.0 Å². The van der Waals surface area contributed by atoms with Crippen molar-refractivity contribution in [2.45, 2.75) is 12.5 Å². The molecular weight excluding hydrogens is 228 g/mol. The summed E-state index contributed by atoms with van der Waals surface area (Å²) in [6, 6.07) is 9.27. The second kappa shape index (κ2) is 7.84. The summed E-state index contributed by atoms with van der Waals surface area (Å²) in [6.07, 6.45) is 0.993. The van der Waals surface area contributed by atoms with Crippen LogP contribution in [0.4, 0.5) is 0 Å². The Morgan fingerprint density at radius 3 is 2.56 bits per heavy atom. The lowest BCUT2D eigenvalue weighted by Gasteiger charge is -2.17. The zero-order valence-electron chi connectivity index (χ0n) is 11.3. The molecule has 1 atom stereocenters. The van der Waals surface area contributed by atoms with Crippen molar-refractivity contribution in [2.75, 3.05) is 34.3 Å². The molecule has 1 rings (SSSR count). The minimum Gasteiger partial charge on any atom is -0.468 e. The van der Waals surface area contributed by atoms with E-state index in [1.165, 1.54) is 7.11 Å². The highest BCUT2D eigenvalue weighted by Gasteiger charge is 2.19. The maximum atomic E-state index is 11.7. The number of nitrogens with one attached hydrogen (secondary N) is 1. The molecule has 18 heavy (non-hydrogen) atoms. The molecule has 0 aromatic heterocycles. The normalized spacial score (nSPS) is 12.4. The highest BCUT2D eigenvalue weighted by atomic mass is 16.5. The van der Waals surface area contributed by atoms with Crippen LogP contribution in [0.25, 0.3) is 0 Å². The zero-order chi connectivity index (χ0) is 13.4. The second-order valence-corrected chi connectivity index (χ2v) is 4.48. The van der Waals surface area contributed by atoms with E-state index >= 15 is 0 Å². The van der Waals surface area contributed by atoms with Crippen LogP contribution in [0.2, 0.25) is 0 Å². The lowest BCUT2D eigenvalue weighted by atomic mass is 10.1. The van der Waals surface area contributed by atoms with E-state index in [9.17, 15) is 4.79 Å². The van der Waals surface area contributed by atoms with Gasteiger partial charge in [-0.15, -0.1) is 0 Å². The van der Waals surface area contributed by atoms with E-state index in [4.69, 9.17) is 4.74 Å². The number of hydrogen-bond acceptors (Lipinski definition) is 4. The van der Waals surface area contributed by atoms with Gasteiger partial charge in [0.25, 0.3) is 0 Å². The Morgan fingerprint density at radius 1 is 1.33 bits per heavy atom. The van der Waals surface area contributed by atoms with Crippen LogP contribution in [0.3, 0.4) is 0 Å². The number of benzene rings is 1. The third-order valence-corrected chi connectivity index (χ3v) is 2.70. The number of carbonyl (C=O) groups excluding carboxylic acids is 1. The number of esters is 1. The number of rotatable bonds is 7. The first-order valence-electron chi connectivity index (χ1n) is 6.16. The molecule has 100 valence electrons. The van der Waals surface area contributed by atoms with Gasteiger partial charge in [-0.05, 0) is 39.2 Å². The minimum atomic E-state index is -0.377. The Labute approximate surface area is 109 Å². The number of methoxy groups -OCH3 is 1. The number of ether oxygens (including phenoxy) is 1.